The highest BCUT2D eigenvalue weighted by atomic mass is 16.5. The maximum atomic E-state index is 12.8. The number of rotatable bonds is 6. The van der Waals surface area contributed by atoms with Crippen molar-refractivity contribution in [3.05, 3.63) is 35.5 Å². The minimum Gasteiger partial charge on any atom is -0.484 e. The molecule has 1 aromatic carbocycles. The Bertz CT molecular complexity index is 1230. The van der Waals surface area contributed by atoms with Gasteiger partial charge in [-0.15, -0.1) is 0 Å². The monoisotopic (exact) mass is 507 g/mol. The van der Waals surface area contributed by atoms with E-state index in [0.717, 1.165) is 47.9 Å². The number of hydrogen-bond donors (Lipinski definition) is 2. The number of carbonyl (C=O) groups excluding carboxylic acids is 1. The maximum absolute atomic E-state index is 12.8. The molecule has 2 aromatic rings. The fourth-order valence-corrected chi connectivity index (χ4v) is 5.82. The van der Waals surface area contributed by atoms with Gasteiger partial charge in [0.25, 0.3) is 5.91 Å². The average Bonchev–Trinajstić information content (AvgIpc) is 3.44. The van der Waals surface area contributed by atoms with Crippen molar-refractivity contribution < 1.29 is 19.4 Å². The van der Waals surface area contributed by atoms with E-state index in [-0.39, 0.29) is 17.5 Å². The van der Waals surface area contributed by atoms with Crippen LogP contribution in [0.25, 0.3) is 10.9 Å². The molecule has 37 heavy (non-hydrogen) atoms. The van der Waals surface area contributed by atoms with Crippen molar-refractivity contribution in [2.45, 2.75) is 89.2 Å². The second-order valence-corrected chi connectivity index (χ2v) is 10.4. The molecule has 1 unspecified atom stereocenters. The molecule has 2 bridgehead atoms. The molecule has 1 atom stereocenters. The van der Waals surface area contributed by atoms with E-state index in [1.54, 1.807) is 6.21 Å². The summed E-state index contributed by atoms with van der Waals surface area (Å²) in [6.07, 6.45) is 7.68. The molecule has 2 saturated carbocycles. The number of amides is 1. The van der Waals surface area contributed by atoms with Crippen molar-refractivity contribution in [1.29, 1.82) is 0 Å². The lowest BCUT2D eigenvalue weighted by Gasteiger charge is -2.39. The van der Waals surface area contributed by atoms with Gasteiger partial charge < -0.3 is 25.3 Å². The van der Waals surface area contributed by atoms with Crippen LogP contribution in [0.3, 0.4) is 0 Å². The highest BCUT2D eigenvalue weighted by Gasteiger charge is 2.59. The first kappa shape index (κ1) is 25.6. The van der Waals surface area contributed by atoms with Gasteiger partial charge in [0.15, 0.2) is 0 Å². The third-order valence-corrected chi connectivity index (χ3v) is 8.12. The number of hydrogen-bond acceptors (Lipinski definition) is 8. The third-order valence-electron chi connectivity index (χ3n) is 8.12. The molecule has 5 aliphatic rings. The van der Waals surface area contributed by atoms with Gasteiger partial charge in [-0.2, -0.15) is 5.10 Å². The van der Waals surface area contributed by atoms with E-state index in [4.69, 9.17) is 20.3 Å². The van der Waals surface area contributed by atoms with Crippen LogP contribution in [0.2, 0.25) is 0 Å². The summed E-state index contributed by atoms with van der Waals surface area (Å²) in [7, 11) is 0. The van der Waals surface area contributed by atoms with E-state index in [2.05, 4.69) is 10.1 Å². The van der Waals surface area contributed by atoms with E-state index in [9.17, 15) is 9.90 Å². The van der Waals surface area contributed by atoms with Crippen LogP contribution in [0.15, 0.2) is 34.5 Å². The summed E-state index contributed by atoms with van der Waals surface area (Å²) >= 11 is 0. The summed E-state index contributed by atoms with van der Waals surface area (Å²) in [5.41, 5.74) is 2.38. The quantitative estimate of drug-likeness (QED) is 0.352. The van der Waals surface area contributed by atoms with Crippen molar-refractivity contribution in [2.75, 3.05) is 13.2 Å². The topological polar surface area (TPSA) is 123 Å². The summed E-state index contributed by atoms with van der Waals surface area (Å²) < 4.78 is 11.8. The minimum absolute atomic E-state index is 0.132. The van der Waals surface area contributed by atoms with Crippen LogP contribution in [0, 0.1) is 0 Å². The molecular formula is C28H37N5O4. The maximum Gasteiger partial charge on any atom is 0.254 e. The van der Waals surface area contributed by atoms with Crippen molar-refractivity contribution >= 4 is 28.7 Å². The Kier molecular flexibility index (Phi) is 6.93. The summed E-state index contributed by atoms with van der Waals surface area (Å²) in [6, 6.07) is 6.06. The molecule has 1 aromatic heterocycles. The number of aliphatic imine (C=N–C) groups is 1. The van der Waals surface area contributed by atoms with E-state index >= 15 is 0 Å². The van der Waals surface area contributed by atoms with Gasteiger partial charge >= 0.3 is 0 Å². The third kappa shape index (κ3) is 4.59. The molecule has 1 amide bonds. The molecule has 2 saturated heterocycles. The Morgan fingerprint density at radius 3 is 2.84 bits per heavy atom. The Morgan fingerprint density at radius 1 is 1.35 bits per heavy atom. The summed E-state index contributed by atoms with van der Waals surface area (Å²) in [5.74, 6) is 6.29. The first-order valence-electron chi connectivity index (χ1n) is 13.4. The number of nitrogens with two attached hydrogens (primary N) is 1. The van der Waals surface area contributed by atoms with Crippen LogP contribution in [-0.4, -0.2) is 69.3 Å². The second kappa shape index (κ2) is 10.0. The molecule has 3 aliphatic heterocycles. The lowest BCUT2D eigenvalue weighted by molar-refractivity contribution is -0.160. The fourth-order valence-electron chi connectivity index (χ4n) is 5.82. The number of carbonyl (C=O) groups is 1. The summed E-state index contributed by atoms with van der Waals surface area (Å²) in [6.45, 7) is 7.73. The van der Waals surface area contributed by atoms with Gasteiger partial charge in [-0.3, -0.25) is 14.8 Å². The highest BCUT2D eigenvalue weighted by Crippen LogP contribution is 2.49. The zero-order chi connectivity index (χ0) is 26.2. The van der Waals surface area contributed by atoms with Crippen molar-refractivity contribution in [2.24, 2.45) is 15.9 Å². The number of aromatic nitrogens is 1. The Balaban J connectivity index is 0.00000137. The van der Waals surface area contributed by atoms with E-state index in [1.165, 1.54) is 5.56 Å². The zero-order valence-corrected chi connectivity index (χ0v) is 21.9. The molecule has 2 aliphatic carbocycles. The number of ether oxygens (including phenoxy) is 2. The lowest BCUT2D eigenvalue weighted by Crippen LogP contribution is -2.53. The van der Waals surface area contributed by atoms with Gasteiger partial charge in [-0.25, -0.2) is 0 Å². The molecule has 4 heterocycles. The van der Waals surface area contributed by atoms with Crippen molar-refractivity contribution in [3.63, 3.8) is 0 Å². The standard InChI is InChI=1S/C26H31N5O4.C2H6/c1-16(35-19-3-4-22-21(9-19)20-5-8-34-14-17(20)12-28-22)23(30-27)13-29-25-10-18(11-25)31(15-25)24(32)26(33)6-2-7-26;1-2/h3-4,9,12-13,16,18,33H,2,5-8,10-11,14-15,27H2,1H3;1-2H3/b29-13?,30-23+;. The molecule has 9 heteroatoms. The number of pyridine rings is 1. The number of hydrazone groups is 1. The normalized spacial score (nSPS) is 26.5. The number of benzene rings is 1. The zero-order valence-electron chi connectivity index (χ0n) is 21.9. The Labute approximate surface area is 217 Å². The predicted octanol–water partition coefficient (Wildman–Crippen LogP) is 3.14. The average molecular weight is 508 g/mol. The van der Waals surface area contributed by atoms with Crippen molar-refractivity contribution in [3.8, 4) is 5.75 Å². The molecule has 198 valence electrons. The fraction of sp³-hybridized carbons (Fsp3) is 0.571. The van der Waals surface area contributed by atoms with Crippen LogP contribution in [0.5, 0.6) is 5.75 Å². The van der Waals surface area contributed by atoms with Gasteiger partial charge in [0.05, 0.1) is 24.3 Å². The molecular weight excluding hydrogens is 470 g/mol. The van der Waals surface area contributed by atoms with Crippen LogP contribution in [-0.2, 0) is 22.6 Å². The smallest absolute Gasteiger partial charge is 0.254 e. The van der Waals surface area contributed by atoms with Crippen LogP contribution >= 0.6 is 0 Å². The SMILES string of the molecule is CC.CC(Oc1ccc2ncc3c(c2c1)CCOC3)/C(C=NC12CC(C1)N(C(=O)C1(O)CCC1)C2)=N/N. The number of aliphatic hydroxyl groups is 1. The number of nitrogens with zero attached hydrogens (tertiary/aromatic N) is 4. The second-order valence-electron chi connectivity index (χ2n) is 10.4. The first-order chi connectivity index (χ1) is 17.9. The van der Waals surface area contributed by atoms with Gasteiger partial charge in [-0.05, 0) is 74.8 Å². The molecule has 3 N–H and O–H groups in total. The molecule has 0 spiro atoms. The van der Waals surface area contributed by atoms with Crippen LogP contribution in [0.4, 0.5) is 0 Å². The predicted molar refractivity (Wildman–Crippen MR) is 143 cm³/mol. The van der Waals surface area contributed by atoms with Gasteiger partial charge in [-0.1, -0.05) is 13.8 Å². The van der Waals surface area contributed by atoms with E-state index in [1.807, 2.05) is 50.1 Å². The van der Waals surface area contributed by atoms with E-state index in [0.29, 0.717) is 38.3 Å². The summed E-state index contributed by atoms with van der Waals surface area (Å²) in [4.78, 5) is 23.9. The Morgan fingerprint density at radius 2 is 2.14 bits per heavy atom. The van der Waals surface area contributed by atoms with Gasteiger partial charge in [0.1, 0.15) is 23.2 Å². The summed E-state index contributed by atoms with van der Waals surface area (Å²) in [5, 5.41) is 15.5. The lowest BCUT2D eigenvalue weighted by atomic mass is 9.77. The molecule has 7 rings (SSSR count). The minimum atomic E-state index is -1.16. The molecule has 0 radical (unpaired) electrons. The van der Waals surface area contributed by atoms with Crippen molar-refractivity contribution in [1.82, 2.24) is 9.88 Å². The van der Waals surface area contributed by atoms with Crippen LogP contribution in [0.1, 0.15) is 64.0 Å². The molecule has 9 nitrogen and oxygen atoms in total. The Hall–Kier alpha value is -3.04. The largest absolute Gasteiger partial charge is 0.484 e. The van der Waals surface area contributed by atoms with Crippen LogP contribution < -0.4 is 10.6 Å². The molecule has 4 fully saturated rings. The first-order valence-corrected chi connectivity index (χ1v) is 13.4. The highest BCUT2D eigenvalue weighted by molar-refractivity contribution is 6.32. The number of fused-ring (bicyclic) bond motifs is 4. The van der Waals surface area contributed by atoms with E-state index < -0.39 is 11.7 Å². The van der Waals surface area contributed by atoms with Gasteiger partial charge in [0.2, 0.25) is 0 Å². The van der Waals surface area contributed by atoms with Gasteiger partial charge in [0, 0.05) is 30.4 Å².